The number of hydrazone groups is 1. The predicted octanol–water partition coefficient (Wildman–Crippen LogP) is 3.87. The second kappa shape index (κ2) is 9.83. The molecule has 0 bridgehead atoms. The van der Waals surface area contributed by atoms with Crippen LogP contribution in [0.15, 0.2) is 47.6 Å². The van der Waals surface area contributed by atoms with Gasteiger partial charge in [0.1, 0.15) is 6.04 Å². The molecule has 2 aromatic rings. The average Bonchev–Trinajstić information content (AvgIpc) is 3.29. The first kappa shape index (κ1) is 26.2. The molecule has 2 saturated heterocycles. The summed E-state index contributed by atoms with van der Waals surface area (Å²) in [5.74, 6) is -3.59. The summed E-state index contributed by atoms with van der Waals surface area (Å²) in [7, 11) is 3.01. The highest BCUT2D eigenvalue weighted by Crippen LogP contribution is 2.63. The fourth-order valence-electron chi connectivity index (χ4n) is 6.82. The molecule has 1 saturated carbocycles. The van der Waals surface area contributed by atoms with Crippen LogP contribution >= 0.6 is 0 Å². The zero-order valence-electron chi connectivity index (χ0n) is 22.8. The molecule has 0 radical (unpaired) electrons. The number of carbonyl (C=O) groups excluding carboxylic acids is 3. The van der Waals surface area contributed by atoms with E-state index < -0.39 is 47.1 Å². The summed E-state index contributed by atoms with van der Waals surface area (Å²) in [5.41, 5.74) is -0.0556. The minimum Gasteiger partial charge on any atom is -0.493 e. The first-order valence-corrected chi connectivity index (χ1v) is 13.7. The quantitative estimate of drug-likeness (QED) is 0.406. The van der Waals surface area contributed by atoms with E-state index in [-0.39, 0.29) is 6.61 Å². The first-order valence-electron chi connectivity index (χ1n) is 13.7. The van der Waals surface area contributed by atoms with E-state index in [9.17, 15) is 14.4 Å². The summed E-state index contributed by atoms with van der Waals surface area (Å²) in [5, 5.41) is 6.15. The molecule has 3 unspecified atom stereocenters. The van der Waals surface area contributed by atoms with E-state index in [0.717, 1.165) is 24.8 Å². The lowest BCUT2D eigenvalue weighted by atomic mass is 9.65. The molecular weight excluding hydrogens is 516 g/mol. The van der Waals surface area contributed by atoms with Crippen LogP contribution in [0.3, 0.4) is 0 Å². The molecule has 0 N–H and O–H groups in total. The Morgan fingerprint density at radius 3 is 2.38 bits per heavy atom. The number of carbonyl (C=O) groups is 3. The fourth-order valence-corrected chi connectivity index (χ4v) is 6.82. The number of rotatable bonds is 5. The van der Waals surface area contributed by atoms with Gasteiger partial charge in [0, 0.05) is 18.8 Å². The van der Waals surface area contributed by atoms with Crippen molar-refractivity contribution in [2.45, 2.75) is 62.8 Å². The molecule has 3 aliphatic heterocycles. The molecule has 3 fully saturated rings. The zero-order chi connectivity index (χ0) is 28.1. The van der Waals surface area contributed by atoms with E-state index in [1.54, 1.807) is 31.3 Å². The number of benzene rings is 2. The van der Waals surface area contributed by atoms with Gasteiger partial charge in [-0.2, -0.15) is 5.10 Å². The Kier molecular flexibility index (Phi) is 6.43. The van der Waals surface area contributed by atoms with Gasteiger partial charge in [0.25, 0.3) is 5.79 Å². The maximum absolute atomic E-state index is 14.5. The minimum atomic E-state index is -1.95. The highest BCUT2D eigenvalue weighted by Gasteiger charge is 2.76. The van der Waals surface area contributed by atoms with E-state index in [0.29, 0.717) is 35.5 Å². The molecule has 210 valence electrons. The lowest BCUT2D eigenvalue weighted by molar-refractivity contribution is -0.273. The Hall–Kier alpha value is -4.08. The van der Waals surface area contributed by atoms with Crippen molar-refractivity contribution in [1.29, 1.82) is 0 Å². The van der Waals surface area contributed by atoms with Crippen molar-refractivity contribution in [2.75, 3.05) is 20.8 Å². The maximum Gasteiger partial charge on any atom is 0.331 e. The van der Waals surface area contributed by atoms with Gasteiger partial charge in [-0.1, -0.05) is 36.8 Å². The SMILES string of the molecule is CCOC(=O)C1C(c2ccc(OC)c(OC)c2)C2(C(=O)OC3(CCCCC3)OC2=O)C2c3ccccc3C=NN12. The van der Waals surface area contributed by atoms with Gasteiger partial charge >= 0.3 is 17.9 Å². The largest absolute Gasteiger partial charge is 0.493 e. The topological polar surface area (TPSA) is 113 Å². The number of ether oxygens (including phenoxy) is 5. The molecule has 40 heavy (non-hydrogen) atoms. The number of fused-ring (bicyclic) bond motifs is 4. The van der Waals surface area contributed by atoms with Gasteiger partial charge in [0.05, 0.1) is 27.0 Å². The maximum atomic E-state index is 14.5. The van der Waals surface area contributed by atoms with Crippen LogP contribution in [0.4, 0.5) is 0 Å². The molecule has 10 nitrogen and oxygen atoms in total. The third-order valence-corrected chi connectivity index (χ3v) is 8.55. The third-order valence-electron chi connectivity index (χ3n) is 8.55. The number of hydrogen-bond donors (Lipinski definition) is 0. The average molecular weight is 549 g/mol. The lowest BCUT2D eigenvalue weighted by Crippen LogP contribution is -2.60. The van der Waals surface area contributed by atoms with Crippen molar-refractivity contribution in [3.8, 4) is 11.5 Å². The van der Waals surface area contributed by atoms with E-state index >= 15 is 0 Å². The van der Waals surface area contributed by atoms with Gasteiger partial charge in [0.15, 0.2) is 17.5 Å². The highest BCUT2D eigenvalue weighted by molar-refractivity contribution is 6.06. The van der Waals surface area contributed by atoms with Crippen molar-refractivity contribution >= 4 is 24.1 Å². The molecule has 3 atom stereocenters. The molecule has 6 rings (SSSR count). The molecule has 1 aliphatic carbocycles. The standard InChI is InChI=1S/C30H32N2O8/c1-4-38-26(33)24-23(18-12-13-21(36-2)22(16-18)37-3)30(25-20-11-7-6-10-19(20)17-31-32(24)25)27(34)39-29(40-28(30)35)14-8-5-9-15-29/h6-7,10-13,16-17,23-25H,4-5,8-9,14-15H2,1-3H3. The zero-order valence-corrected chi connectivity index (χ0v) is 22.8. The van der Waals surface area contributed by atoms with Crippen LogP contribution in [0.2, 0.25) is 0 Å². The summed E-state index contributed by atoms with van der Waals surface area (Å²) >= 11 is 0. The number of hydrogen-bond acceptors (Lipinski definition) is 10. The van der Waals surface area contributed by atoms with Gasteiger partial charge in [-0.05, 0) is 48.6 Å². The van der Waals surface area contributed by atoms with Crippen molar-refractivity contribution in [3.05, 3.63) is 59.2 Å². The van der Waals surface area contributed by atoms with E-state index in [1.165, 1.54) is 19.2 Å². The molecule has 3 heterocycles. The Morgan fingerprint density at radius 1 is 1.00 bits per heavy atom. The van der Waals surface area contributed by atoms with Gasteiger partial charge in [-0.15, -0.1) is 0 Å². The van der Waals surface area contributed by atoms with E-state index in [2.05, 4.69) is 5.10 Å². The van der Waals surface area contributed by atoms with Crippen LogP contribution in [-0.4, -0.2) is 61.8 Å². The van der Waals surface area contributed by atoms with Crippen molar-refractivity contribution in [2.24, 2.45) is 10.5 Å². The molecule has 2 spiro atoms. The monoisotopic (exact) mass is 548 g/mol. The van der Waals surface area contributed by atoms with Gasteiger partial charge in [-0.3, -0.25) is 14.6 Å². The van der Waals surface area contributed by atoms with Crippen LogP contribution in [-0.2, 0) is 28.6 Å². The smallest absolute Gasteiger partial charge is 0.331 e. The van der Waals surface area contributed by atoms with Crippen LogP contribution in [0.25, 0.3) is 0 Å². The fraction of sp³-hybridized carbons (Fsp3) is 0.467. The van der Waals surface area contributed by atoms with Crippen LogP contribution < -0.4 is 9.47 Å². The van der Waals surface area contributed by atoms with Gasteiger partial charge in [0.2, 0.25) is 5.41 Å². The summed E-state index contributed by atoms with van der Waals surface area (Å²) < 4.78 is 28.8. The molecule has 2 aromatic carbocycles. The van der Waals surface area contributed by atoms with Gasteiger partial charge < -0.3 is 23.7 Å². The second-order valence-electron chi connectivity index (χ2n) is 10.6. The molecule has 10 heteroatoms. The van der Waals surface area contributed by atoms with Crippen LogP contribution in [0.5, 0.6) is 11.5 Å². The molecular formula is C30H32N2O8. The molecule has 0 amide bonds. The summed E-state index contributed by atoms with van der Waals surface area (Å²) in [6.07, 6.45) is 5.03. The Labute approximate surface area is 232 Å². The normalized spacial score (nSPS) is 25.6. The molecule has 4 aliphatic rings. The Balaban J connectivity index is 1.61. The van der Waals surface area contributed by atoms with E-state index in [4.69, 9.17) is 23.7 Å². The Bertz CT molecular complexity index is 1360. The summed E-state index contributed by atoms with van der Waals surface area (Å²) in [4.78, 5) is 42.8. The summed E-state index contributed by atoms with van der Waals surface area (Å²) in [6.45, 7) is 1.81. The number of esters is 3. The van der Waals surface area contributed by atoms with Crippen molar-refractivity contribution < 1.29 is 38.1 Å². The predicted molar refractivity (Wildman–Crippen MR) is 142 cm³/mol. The second-order valence-corrected chi connectivity index (χ2v) is 10.6. The molecule has 0 aromatic heterocycles. The number of nitrogens with zero attached hydrogens (tertiary/aromatic N) is 2. The van der Waals surface area contributed by atoms with Crippen molar-refractivity contribution in [1.82, 2.24) is 5.01 Å². The minimum absolute atomic E-state index is 0.109. The van der Waals surface area contributed by atoms with Crippen LogP contribution in [0.1, 0.15) is 67.7 Å². The summed E-state index contributed by atoms with van der Waals surface area (Å²) in [6, 6.07) is 10.4. The lowest BCUT2D eigenvalue weighted by Gasteiger charge is -2.47. The third kappa shape index (κ3) is 3.68. The van der Waals surface area contributed by atoms with Gasteiger partial charge in [-0.25, -0.2) is 4.79 Å². The highest BCUT2D eigenvalue weighted by atomic mass is 16.7. The van der Waals surface area contributed by atoms with E-state index in [1.807, 2.05) is 24.3 Å². The van der Waals surface area contributed by atoms with Crippen LogP contribution in [0, 0.1) is 5.41 Å². The Morgan fingerprint density at radius 2 is 1.70 bits per heavy atom. The number of methoxy groups -OCH3 is 2. The van der Waals surface area contributed by atoms with Crippen molar-refractivity contribution in [3.63, 3.8) is 0 Å². The first-order chi connectivity index (χ1) is 19.4.